The Kier molecular flexibility index (Phi) is 15.4. The Morgan fingerprint density at radius 3 is 1.76 bits per heavy atom. The largest absolute Gasteiger partial charge is 0.487 e. The Hall–Kier alpha value is -3.42. The van der Waals surface area contributed by atoms with E-state index in [1.54, 1.807) is 32.7 Å². The first-order valence-electron chi connectivity index (χ1n) is 13.4. The number of ether oxygens (including phenoxy) is 8. The highest BCUT2D eigenvalue weighted by molar-refractivity contribution is 5.80. The maximum Gasteiger partial charge on any atom is 0.163 e. The van der Waals surface area contributed by atoms with Crippen molar-refractivity contribution in [2.45, 2.75) is 6.54 Å². The van der Waals surface area contributed by atoms with Gasteiger partial charge in [-0.15, -0.1) is 0 Å². The molecule has 13 heteroatoms. The average molecular weight is 574 g/mol. The van der Waals surface area contributed by atoms with Crippen molar-refractivity contribution in [1.82, 2.24) is 9.55 Å². The molecule has 0 spiro atoms. The van der Waals surface area contributed by atoms with E-state index in [2.05, 4.69) is 15.0 Å². The third-order valence-corrected chi connectivity index (χ3v) is 5.71. The van der Waals surface area contributed by atoms with Gasteiger partial charge < -0.3 is 42.5 Å². The summed E-state index contributed by atoms with van der Waals surface area (Å²) in [6.07, 6.45) is 1.78. The van der Waals surface area contributed by atoms with Gasteiger partial charge in [-0.05, 0) is 11.1 Å². The number of hydrogen-bond acceptors (Lipinski definition) is 10. The van der Waals surface area contributed by atoms with E-state index in [1.807, 2.05) is 28.8 Å². The second kappa shape index (κ2) is 19.6. The standard InChI is InChI=1S/C28H39N5O8/c1-34-7-9-36-11-13-38-15-17-40-27-19-25-26(20-28(27)41-18-16-39-14-12-37-10-8-35-2)33(22-30-25)21-23-3-5-24(6-4-23)31-32-29/h3-6,19-20,22H,7-18,21H2,1-2H3. The van der Waals surface area contributed by atoms with E-state index in [-0.39, 0.29) is 0 Å². The van der Waals surface area contributed by atoms with Crippen molar-refractivity contribution in [1.29, 1.82) is 0 Å². The van der Waals surface area contributed by atoms with Crippen LogP contribution in [0.1, 0.15) is 5.56 Å². The number of fused-ring (bicyclic) bond motifs is 1. The van der Waals surface area contributed by atoms with Crippen molar-refractivity contribution in [3.05, 3.63) is 58.7 Å². The lowest BCUT2D eigenvalue weighted by Gasteiger charge is -2.14. The topological polar surface area (TPSA) is 140 Å². The van der Waals surface area contributed by atoms with Crippen LogP contribution in [0.2, 0.25) is 0 Å². The molecule has 2 aromatic carbocycles. The molecule has 0 aliphatic rings. The van der Waals surface area contributed by atoms with Crippen LogP contribution in [-0.2, 0) is 35.0 Å². The van der Waals surface area contributed by atoms with Crippen molar-refractivity contribution in [3.8, 4) is 11.5 Å². The monoisotopic (exact) mass is 573 g/mol. The number of nitrogens with zero attached hydrogens (tertiary/aromatic N) is 5. The minimum Gasteiger partial charge on any atom is -0.487 e. The normalized spacial score (nSPS) is 11.1. The van der Waals surface area contributed by atoms with Gasteiger partial charge in [0.1, 0.15) is 13.2 Å². The lowest BCUT2D eigenvalue weighted by molar-refractivity contribution is 0.0160. The van der Waals surface area contributed by atoms with E-state index in [0.29, 0.717) is 103 Å². The van der Waals surface area contributed by atoms with Gasteiger partial charge in [0, 0.05) is 43.5 Å². The van der Waals surface area contributed by atoms with E-state index < -0.39 is 0 Å². The minimum absolute atomic E-state index is 0.338. The third kappa shape index (κ3) is 11.9. The van der Waals surface area contributed by atoms with Crippen LogP contribution in [0.3, 0.4) is 0 Å². The molecule has 0 aliphatic heterocycles. The molecule has 0 unspecified atom stereocenters. The van der Waals surface area contributed by atoms with E-state index in [1.165, 1.54) is 0 Å². The molecule has 1 heterocycles. The first-order chi connectivity index (χ1) is 20.2. The SMILES string of the molecule is COCCOCCOCCOc1cc2ncn(Cc3ccc(N=[N+]=[N-])cc3)c2cc1OCCOCCOCCOC. The van der Waals surface area contributed by atoms with Gasteiger partial charge in [-0.2, -0.15) is 0 Å². The molecule has 0 N–H and O–H groups in total. The lowest BCUT2D eigenvalue weighted by Crippen LogP contribution is -2.14. The number of azide groups is 1. The fourth-order valence-corrected chi connectivity index (χ4v) is 3.68. The maximum atomic E-state index is 8.63. The molecule has 3 rings (SSSR count). The molecule has 3 aromatic rings. The summed E-state index contributed by atoms with van der Waals surface area (Å²) in [5.41, 5.74) is 11.9. The predicted molar refractivity (Wildman–Crippen MR) is 152 cm³/mol. The molecule has 0 atom stereocenters. The van der Waals surface area contributed by atoms with Crippen LogP contribution >= 0.6 is 0 Å². The molecule has 41 heavy (non-hydrogen) atoms. The third-order valence-electron chi connectivity index (χ3n) is 5.71. The summed E-state index contributed by atoms with van der Waals surface area (Å²) in [5, 5.41) is 3.62. The maximum absolute atomic E-state index is 8.63. The molecule has 13 nitrogen and oxygen atoms in total. The van der Waals surface area contributed by atoms with Crippen molar-refractivity contribution in [2.75, 3.05) is 93.5 Å². The zero-order valence-electron chi connectivity index (χ0n) is 23.7. The summed E-state index contributed by atoms with van der Waals surface area (Å²) in [4.78, 5) is 7.39. The lowest BCUT2D eigenvalue weighted by atomic mass is 10.2. The molecule has 1 aromatic heterocycles. The number of rotatable bonds is 23. The number of benzene rings is 2. The molecule has 0 radical (unpaired) electrons. The summed E-state index contributed by atoms with van der Waals surface area (Å²) in [7, 11) is 3.27. The van der Waals surface area contributed by atoms with Crippen molar-refractivity contribution in [2.24, 2.45) is 5.11 Å². The van der Waals surface area contributed by atoms with Crippen LogP contribution in [0.15, 0.2) is 47.8 Å². The van der Waals surface area contributed by atoms with Gasteiger partial charge in [0.05, 0.1) is 83.4 Å². The molecule has 0 saturated carbocycles. The molecule has 0 fully saturated rings. The highest BCUT2D eigenvalue weighted by Gasteiger charge is 2.13. The smallest absolute Gasteiger partial charge is 0.163 e. The van der Waals surface area contributed by atoms with Gasteiger partial charge in [-0.3, -0.25) is 0 Å². The molecule has 0 bridgehead atoms. The van der Waals surface area contributed by atoms with Crippen molar-refractivity contribution in [3.63, 3.8) is 0 Å². The second-order valence-electron chi connectivity index (χ2n) is 8.65. The van der Waals surface area contributed by atoms with E-state index in [4.69, 9.17) is 43.4 Å². The highest BCUT2D eigenvalue weighted by Crippen LogP contribution is 2.32. The fraction of sp³-hybridized carbons (Fsp3) is 0.536. The zero-order valence-corrected chi connectivity index (χ0v) is 23.7. The van der Waals surface area contributed by atoms with Gasteiger partial charge in [-0.1, -0.05) is 29.4 Å². The Balaban J connectivity index is 1.59. The molecule has 0 amide bonds. The van der Waals surface area contributed by atoms with Crippen LogP contribution in [0.5, 0.6) is 11.5 Å². The number of imidazole rings is 1. The summed E-state index contributed by atoms with van der Waals surface area (Å²) in [6.45, 7) is 6.16. The Labute approximate surface area is 239 Å². The summed E-state index contributed by atoms with van der Waals surface area (Å²) in [5.74, 6) is 1.16. The highest BCUT2D eigenvalue weighted by atomic mass is 16.6. The summed E-state index contributed by atoms with van der Waals surface area (Å²) < 4.78 is 46.0. The quantitative estimate of drug-likeness (QED) is 0.0708. The number of hydrogen-bond donors (Lipinski definition) is 0. The Bertz CT molecular complexity index is 1180. The van der Waals surface area contributed by atoms with E-state index in [9.17, 15) is 0 Å². The zero-order chi connectivity index (χ0) is 29.0. The number of aromatic nitrogens is 2. The van der Waals surface area contributed by atoms with E-state index in [0.717, 1.165) is 16.6 Å². The Morgan fingerprint density at radius 1 is 0.707 bits per heavy atom. The fourth-order valence-electron chi connectivity index (χ4n) is 3.68. The number of methoxy groups -OCH3 is 2. The molecule has 224 valence electrons. The van der Waals surface area contributed by atoms with Crippen LogP contribution in [0.4, 0.5) is 5.69 Å². The Morgan fingerprint density at radius 2 is 1.22 bits per heavy atom. The van der Waals surface area contributed by atoms with Gasteiger partial charge in [0.15, 0.2) is 11.5 Å². The second-order valence-corrected chi connectivity index (χ2v) is 8.65. The van der Waals surface area contributed by atoms with Crippen LogP contribution in [0.25, 0.3) is 21.5 Å². The van der Waals surface area contributed by atoms with Gasteiger partial charge >= 0.3 is 0 Å². The van der Waals surface area contributed by atoms with Gasteiger partial charge in [-0.25, -0.2) is 4.98 Å². The first kappa shape index (κ1) is 32.1. The van der Waals surface area contributed by atoms with Crippen LogP contribution in [-0.4, -0.2) is 103 Å². The predicted octanol–water partition coefficient (Wildman–Crippen LogP) is 4.14. The van der Waals surface area contributed by atoms with Crippen molar-refractivity contribution >= 4 is 16.7 Å². The first-order valence-corrected chi connectivity index (χ1v) is 13.4. The molecule has 0 aliphatic carbocycles. The molecular formula is C28H39N5O8. The van der Waals surface area contributed by atoms with Gasteiger partial charge in [0.2, 0.25) is 0 Å². The van der Waals surface area contributed by atoms with Crippen LogP contribution < -0.4 is 9.47 Å². The molecular weight excluding hydrogens is 534 g/mol. The van der Waals surface area contributed by atoms with Crippen molar-refractivity contribution < 1.29 is 37.9 Å². The van der Waals surface area contributed by atoms with Gasteiger partial charge in [0.25, 0.3) is 0 Å². The average Bonchev–Trinajstić information content (AvgIpc) is 3.37. The van der Waals surface area contributed by atoms with E-state index >= 15 is 0 Å². The molecule has 0 saturated heterocycles. The summed E-state index contributed by atoms with van der Waals surface area (Å²) in [6, 6.07) is 11.2. The summed E-state index contributed by atoms with van der Waals surface area (Å²) >= 11 is 0. The minimum atomic E-state index is 0.338. The van der Waals surface area contributed by atoms with Crippen LogP contribution in [0, 0.1) is 0 Å².